The lowest BCUT2D eigenvalue weighted by atomic mass is 9.86. The first-order chi connectivity index (χ1) is 17.5. The van der Waals surface area contributed by atoms with Crippen LogP contribution >= 0.6 is 0 Å². The number of carbonyl (C=O) groups is 2. The van der Waals surface area contributed by atoms with Crippen molar-refractivity contribution in [2.24, 2.45) is 23.7 Å². The van der Waals surface area contributed by atoms with Gasteiger partial charge in [-0.15, -0.1) is 0 Å². The number of carbonyl (C=O) groups excluding carboxylic acids is 1. The van der Waals surface area contributed by atoms with Crippen molar-refractivity contribution in [3.05, 3.63) is 11.6 Å². The van der Waals surface area contributed by atoms with Gasteiger partial charge in [0, 0.05) is 18.4 Å². The van der Waals surface area contributed by atoms with Crippen LogP contribution in [0.1, 0.15) is 85.0 Å². The molecule has 0 bridgehead atoms. The molecule has 1 saturated carbocycles. The summed E-state index contributed by atoms with van der Waals surface area (Å²) in [7, 11) is 0. The van der Waals surface area contributed by atoms with E-state index in [9.17, 15) is 30.0 Å². The minimum atomic E-state index is -1.06. The molecule has 0 spiro atoms. The second-order valence-corrected chi connectivity index (χ2v) is 11.1. The zero-order valence-electron chi connectivity index (χ0n) is 22.6. The predicted octanol–water partition coefficient (Wildman–Crippen LogP) is 2.82. The fourth-order valence-corrected chi connectivity index (χ4v) is 5.43. The Hall–Kier alpha value is -1.52. The minimum Gasteiger partial charge on any atom is -0.481 e. The van der Waals surface area contributed by atoms with Crippen molar-refractivity contribution in [2.45, 2.75) is 115 Å². The average Bonchev–Trinajstić information content (AvgIpc) is 3.48. The van der Waals surface area contributed by atoms with E-state index in [-0.39, 0.29) is 30.1 Å². The quantitative estimate of drug-likeness (QED) is 0.109. The molecule has 37 heavy (non-hydrogen) atoms. The molecule has 3 unspecified atom stereocenters. The van der Waals surface area contributed by atoms with E-state index in [0.717, 1.165) is 32.1 Å². The summed E-state index contributed by atoms with van der Waals surface area (Å²) in [6, 6.07) is 0. The molecule has 2 aliphatic rings. The summed E-state index contributed by atoms with van der Waals surface area (Å²) in [5, 5.41) is 49.8. The van der Waals surface area contributed by atoms with Gasteiger partial charge in [-0.3, -0.25) is 4.79 Å². The van der Waals surface area contributed by atoms with Crippen LogP contribution in [0.2, 0.25) is 0 Å². The lowest BCUT2D eigenvalue weighted by Gasteiger charge is -2.38. The molecular formula is C28H48O9. The molecule has 0 aromatic heterocycles. The highest BCUT2D eigenvalue weighted by Crippen LogP contribution is 2.49. The maximum Gasteiger partial charge on any atom is 0.330 e. The van der Waals surface area contributed by atoms with Crippen LogP contribution in [0.4, 0.5) is 0 Å². The zero-order valence-corrected chi connectivity index (χ0v) is 22.6. The van der Waals surface area contributed by atoms with E-state index in [1.165, 1.54) is 6.08 Å². The number of aliphatic carboxylic acids is 1. The third-order valence-electron chi connectivity index (χ3n) is 8.08. The minimum absolute atomic E-state index is 0.0193. The number of ether oxygens (including phenoxy) is 2. The topological polar surface area (TPSA) is 154 Å². The highest BCUT2D eigenvalue weighted by Gasteiger charge is 2.52. The summed E-state index contributed by atoms with van der Waals surface area (Å²) in [6.07, 6.45) is 4.97. The number of aliphatic hydroxyl groups is 4. The first kappa shape index (κ1) is 31.7. The largest absolute Gasteiger partial charge is 0.481 e. The summed E-state index contributed by atoms with van der Waals surface area (Å²) < 4.78 is 11.1. The number of carboxylic acids is 1. The molecule has 1 saturated heterocycles. The molecule has 0 radical (unpaired) electrons. The highest BCUT2D eigenvalue weighted by atomic mass is 16.5. The first-order valence-electron chi connectivity index (χ1n) is 13.9. The average molecular weight is 529 g/mol. The second kappa shape index (κ2) is 15.8. The maximum absolute atomic E-state index is 12.1. The molecule has 9 atom stereocenters. The Bertz CT molecular complexity index is 737. The normalized spacial score (nSPS) is 31.5. The van der Waals surface area contributed by atoms with E-state index in [2.05, 4.69) is 0 Å². The first-order valence-corrected chi connectivity index (χ1v) is 13.9. The predicted molar refractivity (Wildman–Crippen MR) is 138 cm³/mol. The van der Waals surface area contributed by atoms with Gasteiger partial charge >= 0.3 is 11.9 Å². The smallest absolute Gasteiger partial charge is 0.330 e. The van der Waals surface area contributed by atoms with Crippen LogP contribution in [-0.4, -0.2) is 81.2 Å². The van der Waals surface area contributed by atoms with Crippen LogP contribution in [0.25, 0.3) is 0 Å². The van der Waals surface area contributed by atoms with Crippen LogP contribution in [0.15, 0.2) is 11.6 Å². The maximum atomic E-state index is 12.1. The zero-order chi connectivity index (χ0) is 27.5. The Morgan fingerprint density at radius 3 is 2.27 bits per heavy atom. The van der Waals surface area contributed by atoms with Crippen LogP contribution in [0.5, 0.6) is 0 Å². The third kappa shape index (κ3) is 10.6. The number of esters is 1. The van der Waals surface area contributed by atoms with Crippen molar-refractivity contribution in [2.75, 3.05) is 13.2 Å². The molecule has 2 rings (SSSR count). The van der Waals surface area contributed by atoms with Gasteiger partial charge < -0.3 is 35.0 Å². The van der Waals surface area contributed by atoms with Gasteiger partial charge in [-0.2, -0.15) is 0 Å². The Morgan fingerprint density at radius 1 is 0.973 bits per heavy atom. The van der Waals surface area contributed by atoms with E-state index in [4.69, 9.17) is 14.6 Å². The lowest BCUT2D eigenvalue weighted by Crippen LogP contribution is -2.50. The second-order valence-electron chi connectivity index (χ2n) is 11.1. The number of carboxylic acid groups (broad SMARTS) is 1. The SMILES string of the molecule is C/C(=C\C(=O)OCCCCCCCCC(=O)O)C[C@@H]1OC[C@H](CCC2C(O)[C@@H]2[C@@H](C)[C@H](C)O)[C@@H](O)C1O. The van der Waals surface area contributed by atoms with Crippen molar-refractivity contribution < 1.29 is 44.6 Å². The highest BCUT2D eigenvalue weighted by molar-refractivity contribution is 5.82. The summed E-state index contributed by atoms with van der Waals surface area (Å²) in [4.78, 5) is 22.6. The Labute approximate surface area is 220 Å². The van der Waals surface area contributed by atoms with Gasteiger partial charge in [-0.1, -0.05) is 38.2 Å². The molecule has 0 amide bonds. The summed E-state index contributed by atoms with van der Waals surface area (Å²) in [5.41, 5.74) is 0.703. The number of unbranched alkanes of at least 4 members (excludes halogenated alkanes) is 5. The van der Waals surface area contributed by atoms with Crippen molar-refractivity contribution in [1.82, 2.24) is 0 Å². The van der Waals surface area contributed by atoms with Gasteiger partial charge in [0.1, 0.15) is 6.10 Å². The molecule has 5 N–H and O–H groups in total. The van der Waals surface area contributed by atoms with E-state index in [0.29, 0.717) is 44.5 Å². The van der Waals surface area contributed by atoms with Crippen molar-refractivity contribution >= 4 is 11.9 Å². The monoisotopic (exact) mass is 528 g/mol. The molecule has 1 heterocycles. The standard InChI is InChI=1S/C28H48O9/c1-17(15-24(32)36-13-9-7-5-4-6-8-10-23(30)31)14-22-28(35)26(33)20(16-37-22)11-12-21-25(27(21)34)18(2)19(3)29/h15,18-22,25-29,33-35H,4-14,16H2,1-3H3,(H,30,31)/b17-15+/t18-,19-,20-,21?,22-,25+,26+,27?,28?/m0/s1. The molecule has 1 aliphatic carbocycles. The van der Waals surface area contributed by atoms with Gasteiger partial charge in [-0.05, 0) is 63.7 Å². The molecule has 1 aliphatic heterocycles. The molecule has 214 valence electrons. The van der Waals surface area contributed by atoms with E-state index < -0.39 is 42.5 Å². The van der Waals surface area contributed by atoms with E-state index in [1.54, 1.807) is 13.8 Å². The molecular weight excluding hydrogens is 480 g/mol. The lowest BCUT2D eigenvalue weighted by molar-refractivity contribution is -0.165. The van der Waals surface area contributed by atoms with E-state index in [1.807, 2.05) is 6.92 Å². The van der Waals surface area contributed by atoms with Gasteiger partial charge in [0.25, 0.3) is 0 Å². The summed E-state index contributed by atoms with van der Waals surface area (Å²) in [5.74, 6) is -1.23. The van der Waals surface area contributed by atoms with Crippen LogP contribution in [0, 0.1) is 23.7 Å². The molecule has 9 heteroatoms. The van der Waals surface area contributed by atoms with Gasteiger partial charge in [0.05, 0.1) is 37.6 Å². The number of hydrogen-bond donors (Lipinski definition) is 5. The third-order valence-corrected chi connectivity index (χ3v) is 8.08. The summed E-state index contributed by atoms with van der Waals surface area (Å²) in [6.45, 7) is 6.07. The van der Waals surface area contributed by atoms with Crippen LogP contribution in [-0.2, 0) is 19.1 Å². The molecule has 0 aromatic carbocycles. The van der Waals surface area contributed by atoms with Crippen molar-refractivity contribution in [3.8, 4) is 0 Å². The number of aliphatic hydroxyl groups excluding tert-OH is 4. The van der Waals surface area contributed by atoms with Gasteiger partial charge in [-0.25, -0.2) is 4.79 Å². The van der Waals surface area contributed by atoms with Crippen molar-refractivity contribution in [1.29, 1.82) is 0 Å². The van der Waals surface area contributed by atoms with Gasteiger partial charge in [0.15, 0.2) is 0 Å². The Morgan fingerprint density at radius 2 is 1.62 bits per heavy atom. The van der Waals surface area contributed by atoms with E-state index >= 15 is 0 Å². The Kier molecular flexibility index (Phi) is 13.5. The van der Waals surface area contributed by atoms with Crippen LogP contribution < -0.4 is 0 Å². The summed E-state index contributed by atoms with van der Waals surface area (Å²) >= 11 is 0. The fourth-order valence-electron chi connectivity index (χ4n) is 5.43. The molecule has 0 aromatic rings. The molecule has 2 fully saturated rings. The number of hydrogen-bond acceptors (Lipinski definition) is 8. The Balaban J connectivity index is 1.63. The number of rotatable bonds is 17. The van der Waals surface area contributed by atoms with Crippen LogP contribution in [0.3, 0.4) is 0 Å². The fraction of sp³-hybridized carbons (Fsp3) is 0.857. The van der Waals surface area contributed by atoms with Gasteiger partial charge in [0.2, 0.25) is 0 Å². The van der Waals surface area contributed by atoms with Crippen molar-refractivity contribution in [3.63, 3.8) is 0 Å². The molecule has 9 nitrogen and oxygen atoms in total.